The summed E-state index contributed by atoms with van der Waals surface area (Å²) < 4.78 is 17.5. The molecule has 0 bridgehead atoms. The first kappa shape index (κ1) is 18.3. The smallest absolute Gasteiger partial charge is 0.308 e. The Bertz CT molecular complexity index is 774. The predicted molar refractivity (Wildman–Crippen MR) is 100.0 cm³/mol. The molecule has 2 heterocycles. The fourth-order valence-electron chi connectivity index (χ4n) is 4.61. The van der Waals surface area contributed by atoms with Gasteiger partial charge in [0.1, 0.15) is 12.2 Å². The van der Waals surface area contributed by atoms with E-state index in [2.05, 4.69) is 24.1 Å². The minimum absolute atomic E-state index is 0.00397. The molecule has 4 rings (SSSR count). The lowest BCUT2D eigenvalue weighted by atomic mass is 9.69. The van der Waals surface area contributed by atoms with E-state index in [0.717, 1.165) is 31.0 Å². The third kappa shape index (κ3) is 3.11. The molecule has 0 saturated heterocycles. The molecule has 3 aliphatic rings. The summed E-state index contributed by atoms with van der Waals surface area (Å²) in [6.07, 6.45) is 4.59. The summed E-state index contributed by atoms with van der Waals surface area (Å²) in [7, 11) is 3.80. The molecule has 27 heavy (non-hydrogen) atoms. The van der Waals surface area contributed by atoms with Crippen LogP contribution in [0.4, 0.5) is 0 Å². The fourth-order valence-corrected chi connectivity index (χ4v) is 4.61. The van der Waals surface area contributed by atoms with Crippen LogP contribution in [0.3, 0.4) is 0 Å². The van der Waals surface area contributed by atoms with Crippen molar-refractivity contribution in [2.24, 2.45) is 0 Å². The second-order valence-corrected chi connectivity index (χ2v) is 7.94. The van der Waals surface area contributed by atoms with E-state index >= 15 is 0 Å². The van der Waals surface area contributed by atoms with E-state index in [9.17, 15) is 9.90 Å². The molecular weight excluding hydrogens is 346 g/mol. The monoisotopic (exact) mass is 373 g/mol. The Balaban J connectivity index is 1.67. The van der Waals surface area contributed by atoms with E-state index in [0.29, 0.717) is 6.42 Å². The molecule has 0 radical (unpaired) electrons. The lowest BCUT2D eigenvalue weighted by molar-refractivity contribution is -0.150. The van der Waals surface area contributed by atoms with Crippen LogP contribution in [-0.2, 0) is 21.5 Å². The van der Waals surface area contributed by atoms with E-state index in [1.54, 1.807) is 14.0 Å². The number of aliphatic hydroxyl groups is 1. The van der Waals surface area contributed by atoms with E-state index in [-0.39, 0.29) is 30.0 Å². The highest BCUT2D eigenvalue weighted by atomic mass is 16.6. The maximum atomic E-state index is 12.0. The van der Waals surface area contributed by atoms with Gasteiger partial charge in [0.15, 0.2) is 11.5 Å². The van der Waals surface area contributed by atoms with Crippen molar-refractivity contribution in [3.63, 3.8) is 0 Å². The van der Waals surface area contributed by atoms with Crippen molar-refractivity contribution < 1.29 is 24.1 Å². The normalized spacial score (nSPS) is 29.9. The highest BCUT2D eigenvalue weighted by molar-refractivity contribution is 5.70. The predicted octanol–water partition coefficient (Wildman–Crippen LogP) is 2.17. The van der Waals surface area contributed by atoms with Crippen molar-refractivity contribution >= 4 is 5.97 Å². The van der Waals surface area contributed by atoms with Gasteiger partial charge < -0.3 is 24.2 Å². The van der Waals surface area contributed by atoms with Crippen molar-refractivity contribution in [2.45, 2.75) is 56.5 Å². The summed E-state index contributed by atoms with van der Waals surface area (Å²) in [4.78, 5) is 14.3. The first-order valence-corrected chi connectivity index (χ1v) is 9.55. The van der Waals surface area contributed by atoms with Crippen molar-refractivity contribution in [1.82, 2.24) is 4.90 Å². The zero-order chi connectivity index (χ0) is 19.2. The molecule has 4 atom stereocenters. The number of aliphatic hydroxyl groups excluding tert-OH is 1. The maximum absolute atomic E-state index is 12.0. The first-order valence-electron chi connectivity index (χ1n) is 9.55. The Labute approximate surface area is 159 Å². The van der Waals surface area contributed by atoms with Crippen molar-refractivity contribution in [1.29, 1.82) is 0 Å². The summed E-state index contributed by atoms with van der Waals surface area (Å²) in [5.74, 6) is 1.20. The van der Waals surface area contributed by atoms with Gasteiger partial charge in [0.05, 0.1) is 25.0 Å². The molecule has 1 N–H and O–H groups in total. The number of carbonyl (C=O) groups excluding carboxylic acids is 1. The number of ether oxygens (including phenoxy) is 3. The highest BCUT2D eigenvalue weighted by Gasteiger charge is 2.53. The second-order valence-electron chi connectivity index (χ2n) is 7.94. The van der Waals surface area contributed by atoms with E-state index in [1.807, 2.05) is 12.1 Å². The number of hydrogen-bond acceptors (Lipinski definition) is 6. The molecule has 1 aliphatic carbocycles. The summed E-state index contributed by atoms with van der Waals surface area (Å²) in [5.41, 5.74) is 2.28. The zero-order valence-corrected chi connectivity index (χ0v) is 16.1. The number of esters is 1. The molecule has 2 aliphatic heterocycles. The molecule has 6 nitrogen and oxygen atoms in total. The van der Waals surface area contributed by atoms with Gasteiger partial charge in [-0.1, -0.05) is 12.1 Å². The average molecular weight is 373 g/mol. The van der Waals surface area contributed by atoms with Crippen LogP contribution in [0.2, 0.25) is 0 Å². The standard InChI is InChI=1S/C21H27NO5/c1-13(23)10-18(24)26-15-6-7-21-8-9-22(2)12-14-4-5-16(25-3)20(19(14)21)27-17(21)11-15/h4-7,13,15,17,23H,8-12H2,1-3H3/t13?,15-,17?,21-/m0/s1. The second kappa shape index (κ2) is 6.84. The zero-order valence-electron chi connectivity index (χ0n) is 16.1. The Morgan fingerprint density at radius 3 is 3.04 bits per heavy atom. The third-order valence-electron chi connectivity index (χ3n) is 5.87. The first-order chi connectivity index (χ1) is 12.9. The Morgan fingerprint density at radius 1 is 1.48 bits per heavy atom. The van der Waals surface area contributed by atoms with Crippen LogP contribution in [0, 0.1) is 0 Å². The van der Waals surface area contributed by atoms with Gasteiger partial charge in [0.2, 0.25) is 0 Å². The summed E-state index contributed by atoms with van der Waals surface area (Å²) in [6, 6.07) is 4.11. The quantitative estimate of drug-likeness (QED) is 0.644. The summed E-state index contributed by atoms with van der Waals surface area (Å²) in [6.45, 7) is 3.43. The molecule has 1 aromatic rings. The average Bonchev–Trinajstić information content (AvgIpc) is 2.86. The number of rotatable bonds is 4. The third-order valence-corrected chi connectivity index (χ3v) is 5.87. The fraction of sp³-hybridized carbons (Fsp3) is 0.571. The lowest BCUT2D eigenvalue weighted by Crippen LogP contribution is -2.43. The van der Waals surface area contributed by atoms with Gasteiger partial charge in [-0.2, -0.15) is 0 Å². The van der Waals surface area contributed by atoms with Gasteiger partial charge in [0.25, 0.3) is 0 Å². The van der Waals surface area contributed by atoms with Gasteiger partial charge in [-0.25, -0.2) is 0 Å². The van der Waals surface area contributed by atoms with Crippen LogP contribution in [0.25, 0.3) is 0 Å². The molecule has 0 saturated carbocycles. The molecule has 0 aromatic heterocycles. The summed E-state index contributed by atoms with van der Waals surface area (Å²) in [5, 5.41) is 9.39. The molecule has 0 fully saturated rings. The minimum Gasteiger partial charge on any atom is -0.493 e. The summed E-state index contributed by atoms with van der Waals surface area (Å²) >= 11 is 0. The van der Waals surface area contributed by atoms with E-state index < -0.39 is 6.10 Å². The number of carbonyl (C=O) groups is 1. The maximum Gasteiger partial charge on any atom is 0.308 e. The SMILES string of the molecule is COc1ccc2c3c1OC1C[C@@H](OC(=O)CC(C)O)C=C[C@@]31CCN(C)C2. The largest absolute Gasteiger partial charge is 0.493 e. The van der Waals surface area contributed by atoms with Crippen molar-refractivity contribution in [3.05, 3.63) is 35.4 Å². The number of methoxy groups -OCH3 is 1. The number of nitrogens with zero attached hydrogens (tertiary/aromatic N) is 1. The van der Waals surface area contributed by atoms with E-state index in [4.69, 9.17) is 14.2 Å². The van der Waals surface area contributed by atoms with Crippen LogP contribution in [0.1, 0.15) is 37.3 Å². The molecule has 146 valence electrons. The minimum atomic E-state index is -0.701. The van der Waals surface area contributed by atoms with Gasteiger partial charge in [0, 0.05) is 18.5 Å². The molecule has 2 unspecified atom stereocenters. The molecule has 1 spiro atoms. The van der Waals surface area contributed by atoms with Gasteiger partial charge in [-0.3, -0.25) is 4.79 Å². The molecule has 1 aromatic carbocycles. The van der Waals surface area contributed by atoms with Crippen molar-refractivity contribution in [2.75, 3.05) is 20.7 Å². The van der Waals surface area contributed by atoms with Crippen molar-refractivity contribution in [3.8, 4) is 11.5 Å². The van der Waals surface area contributed by atoms with Crippen LogP contribution < -0.4 is 9.47 Å². The molecule has 6 heteroatoms. The Morgan fingerprint density at radius 2 is 2.30 bits per heavy atom. The number of benzene rings is 1. The molecular formula is C21H27NO5. The van der Waals surface area contributed by atoms with Crippen LogP contribution in [0.15, 0.2) is 24.3 Å². The molecule has 0 amide bonds. The van der Waals surface area contributed by atoms with E-state index in [1.165, 1.54) is 11.1 Å². The number of hydrogen-bond donors (Lipinski definition) is 1. The van der Waals surface area contributed by atoms with Gasteiger partial charge in [-0.05, 0) is 44.6 Å². The lowest BCUT2D eigenvalue weighted by Gasteiger charge is -2.36. The van der Waals surface area contributed by atoms with Crippen LogP contribution in [-0.4, -0.2) is 55.0 Å². The van der Waals surface area contributed by atoms with Gasteiger partial charge in [-0.15, -0.1) is 0 Å². The van der Waals surface area contributed by atoms with Gasteiger partial charge >= 0.3 is 5.97 Å². The van der Waals surface area contributed by atoms with Crippen LogP contribution in [0.5, 0.6) is 11.5 Å². The topological polar surface area (TPSA) is 68.2 Å². The highest BCUT2D eigenvalue weighted by Crippen LogP contribution is 2.55. The van der Waals surface area contributed by atoms with Crippen LogP contribution >= 0.6 is 0 Å². The Kier molecular flexibility index (Phi) is 4.64. The Hall–Kier alpha value is -2.05.